The first kappa shape index (κ1) is 19.9. The average molecular weight is 432 g/mol. The molecule has 1 fully saturated rings. The predicted octanol–water partition coefficient (Wildman–Crippen LogP) is 1.86. The fraction of sp³-hybridized carbons (Fsp3) is 0.250. The maximum absolute atomic E-state index is 15.2. The van der Waals surface area contributed by atoms with Gasteiger partial charge in [-0.25, -0.2) is 9.18 Å². The summed E-state index contributed by atoms with van der Waals surface area (Å²) in [6.45, 7) is 0. The molecule has 2 aromatic rings. The van der Waals surface area contributed by atoms with E-state index in [1.807, 2.05) is 0 Å². The summed E-state index contributed by atoms with van der Waals surface area (Å²) < 4.78 is 45.3. The third-order valence-corrected chi connectivity index (χ3v) is 6.04. The molecule has 8 nitrogen and oxygen atoms in total. The van der Waals surface area contributed by atoms with Gasteiger partial charge in [0.2, 0.25) is 15.7 Å². The monoisotopic (exact) mass is 432 g/mol. The molecule has 156 valence electrons. The first-order chi connectivity index (χ1) is 14.2. The number of halogens is 1. The molecule has 0 aliphatic heterocycles. The van der Waals surface area contributed by atoms with Crippen LogP contribution in [0.25, 0.3) is 16.5 Å². The first-order valence-corrected chi connectivity index (χ1v) is 10.1. The molecule has 3 N–H and O–H groups in total. The van der Waals surface area contributed by atoms with Gasteiger partial charge in [-0.15, -0.1) is 0 Å². The highest BCUT2D eigenvalue weighted by atomic mass is 32.2. The zero-order chi connectivity index (χ0) is 21.7. The second kappa shape index (κ2) is 7.13. The van der Waals surface area contributed by atoms with Crippen LogP contribution < -0.4 is 15.9 Å². The minimum atomic E-state index is -2.58. The van der Waals surface area contributed by atoms with Crippen molar-refractivity contribution in [2.24, 2.45) is 5.73 Å². The fourth-order valence-corrected chi connectivity index (χ4v) is 4.22. The maximum atomic E-state index is 15.2. The number of nitrogens with two attached hydrogens (primary N) is 1. The first-order valence-electron chi connectivity index (χ1n) is 9.05. The molecule has 0 unspecified atom stereocenters. The standard InChI is InChI=1S/C20H17FN2O6S/c1-29-19-16(9-2-5-14(22)15(6-9)30(27)28)13(21)7-11-17(19)23(10-3-4-10)8-12(18(11)24)20(25)26/h2,5,7-8,10H,3-4,6,22H2,1H3,(H,25,26). The van der Waals surface area contributed by atoms with Crippen LogP contribution in [0.3, 0.4) is 0 Å². The van der Waals surface area contributed by atoms with Gasteiger partial charge in [0.1, 0.15) is 11.4 Å². The summed E-state index contributed by atoms with van der Waals surface area (Å²) in [6, 6.07) is 0.947. The van der Waals surface area contributed by atoms with Crippen LogP contribution in [0.15, 0.2) is 34.9 Å². The number of benzene rings is 1. The highest BCUT2D eigenvalue weighted by molar-refractivity contribution is 7.73. The van der Waals surface area contributed by atoms with Gasteiger partial charge in [-0.1, -0.05) is 6.08 Å². The molecule has 30 heavy (non-hydrogen) atoms. The smallest absolute Gasteiger partial charge is 0.341 e. The largest absolute Gasteiger partial charge is 0.494 e. The Bertz CT molecular complexity index is 1370. The molecule has 1 saturated carbocycles. The van der Waals surface area contributed by atoms with E-state index in [0.717, 1.165) is 18.9 Å². The van der Waals surface area contributed by atoms with Crippen molar-refractivity contribution in [3.05, 3.63) is 57.3 Å². The van der Waals surface area contributed by atoms with Crippen LogP contribution in [0, 0.1) is 5.82 Å². The number of methoxy groups -OCH3 is 1. The van der Waals surface area contributed by atoms with E-state index in [-0.39, 0.29) is 45.2 Å². The molecule has 0 atom stereocenters. The van der Waals surface area contributed by atoms with Gasteiger partial charge >= 0.3 is 5.97 Å². The van der Waals surface area contributed by atoms with Crippen LogP contribution in [-0.2, 0) is 10.3 Å². The molecular weight excluding hydrogens is 415 g/mol. The number of aromatic carboxylic acids is 1. The minimum absolute atomic E-state index is 0.00794. The number of hydrogen-bond acceptors (Lipinski definition) is 6. The van der Waals surface area contributed by atoms with Crippen molar-refractivity contribution in [2.75, 3.05) is 7.11 Å². The van der Waals surface area contributed by atoms with E-state index in [1.165, 1.54) is 25.5 Å². The topological polar surface area (TPSA) is 129 Å². The van der Waals surface area contributed by atoms with Crippen LogP contribution in [0.2, 0.25) is 0 Å². The number of allylic oxidation sites excluding steroid dienone is 4. The molecule has 0 bridgehead atoms. The summed E-state index contributed by atoms with van der Waals surface area (Å²) in [5.74, 6) is -2.17. The quantitative estimate of drug-likeness (QED) is 0.706. The third kappa shape index (κ3) is 3.09. The zero-order valence-electron chi connectivity index (χ0n) is 15.8. The van der Waals surface area contributed by atoms with Crippen molar-refractivity contribution >= 4 is 37.6 Å². The summed E-state index contributed by atoms with van der Waals surface area (Å²) in [7, 11) is -1.27. The predicted molar refractivity (Wildman–Crippen MR) is 109 cm³/mol. The number of aromatic nitrogens is 1. The molecule has 0 spiro atoms. The molecule has 4 rings (SSSR count). The van der Waals surface area contributed by atoms with Gasteiger partial charge in [-0.3, -0.25) is 4.79 Å². The Morgan fingerprint density at radius 2 is 2.03 bits per heavy atom. The van der Waals surface area contributed by atoms with Crippen LogP contribution in [0.4, 0.5) is 4.39 Å². The lowest BCUT2D eigenvalue weighted by molar-refractivity contribution is 0.0694. The van der Waals surface area contributed by atoms with E-state index in [1.54, 1.807) is 4.57 Å². The van der Waals surface area contributed by atoms with Crippen LogP contribution in [-0.4, -0.2) is 36.0 Å². The number of carboxylic acid groups (broad SMARTS) is 1. The van der Waals surface area contributed by atoms with Crippen LogP contribution in [0.5, 0.6) is 5.75 Å². The number of rotatable bonds is 4. The average Bonchev–Trinajstić information content (AvgIpc) is 3.53. The van der Waals surface area contributed by atoms with Crippen molar-refractivity contribution in [3.8, 4) is 5.75 Å². The van der Waals surface area contributed by atoms with Gasteiger partial charge in [0, 0.05) is 18.7 Å². The lowest BCUT2D eigenvalue weighted by Crippen LogP contribution is -2.20. The Kier molecular flexibility index (Phi) is 4.73. The summed E-state index contributed by atoms with van der Waals surface area (Å²) in [5, 5.41) is 9.28. The lowest BCUT2D eigenvalue weighted by atomic mass is 9.93. The molecule has 0 amide bonds. The summed E-state index contributed by atoms with van der Waals surface area (Å²) in [6.07, 6.45) is 5.55. The van der Waals surface area contributed by atoms with E-state index < -0.39 is 33.1 Å². The van der Waals surface area contributed by atoms with Gasteiger partial charge < -0.3 is 20.1 Å². The number of hydrogen-bond donors (Lipinski definition) is 2. The number of carboxylic acids is 1. The number of ether oxygens (including phenoxy) is 1. The normalized spacial score (nSPS) is 16.3. The molecule has 0 saturated heterocycles. The van der Waals surface area contributed by atoms with Crippen molar-refractivity contribution in [1.29, 1.82) is 0 Å². The highest BCUT2D eigenvalue weighted by Gasteiger charge is 2.31. The van der Waals surface area contributed by atoms with Crippen molar-refractivity contribution in [2.45, 2.75) is 25.3 Å². The molecular formula is C20H17FN2O6S. The number of pyridine rings is 1. The molecule has 2 aliphatic rings. The van der Waals surface area contributed by atoms with Gasteiger partial charge in [0.05, 0.1) is 34.1 Å². The van der Waals surface area contributed by atoms with E-state index in [0.29, 0.717) is 5.57 Å². The third-order valence-electron chi connectivity index (χ3n) is 5.26. The molecule has 1 aromatic carbocycles. The van der Waals surface area contributed by atoms with Crippen LogP contribution in [0.1, 0.15) is 41.2 Å². The van der Waals surface area contributed by atoms with E-state index >= 15 is 4.39 Å². The van der Waals surface area contributed by atoms with Gasteiger partial charge in [-0.2, -0.15) is 8.42 Å². The Morgan fingerprint density at radius 1 is 1.33 bits per heavy atom. The molecule has 2 aliphatic carbocycles. The SMILES string of the molecule is COc1c(C2=CC=C(N)C(=S(=O)=O)C2)c(F)cc2c(=O)c(C(=O)O)cn(C3CC3)c12. The molecule has 1 aromatic heterocycles. The van der Waals surface area contributed by atoms with Crippen molar-refractivity contribution in [1.82, 2.24) is 4.57 Å². The van der Waals surface area contributed by atoms with Gasteiger partial charge in [0.15, 0.2) is 5.75 Å². The van der Waals surface area contributed by atoms with Crippen LogP contribution >= 0.6 is 0 Å². The highest BCUT2D eigenvalue weighted by Crippen LogP contribution is 2.43. The Hall–Kier alpha value is -3.40. The zero-order valence-corrected chi connectivity index (χ0v) is 16.6. The summed E-state index contributed by atoms with van der Waals surface area (Å²) >= 11 is 0. The van der Waals surface area contributed by atoms with Crippen molar-refractivity contribution in [3.63, 3.8) is 0 Å². The Balaban J connectivity index is 2.09. The molecule has 0 radical (unpaired) electrons. The maximum Gasteiger partial charge on any atom is 0.341 e. The molecule has 1 heterocycles. The van der Waals surface area contributed by atoms with Gasteiger partial charge in [0.25, 0.3) is 0 Å². The Labute approximate surface area is 171 Å². The second-order valence-electron chi connectivity index (χ2n) is 7.13. The van der Waals surface area contributed by atoms with E-state index in [2.05, 4.69) is 0 Å². The van der Waals surface area contributed by atoms with Gasteiger partial charge in [-0.05, 0) is 30.6 Å². The number of nitrogens with zero attached hydrogens (tertiary/aromatic N) is 1. The second-order valence-corrected chi connectivity index (χ2v) is 8.09. The Morgan fingerprint density at radius 3 is 2.60 bits per heavy atom. The van der Waals surface area contributed by atoms with Crippen molar-refractivity contribution < 1.29 is 27.4 Å². The van der Waals surface area contributed by atoms with E-state index in [4.69, 9.17) is 10.5 Å². The number of carbonyl (C=O) groups is 1. The molecule has 10 heteroatoms. The summed E-state index contributed by atoms with van der Waals surface area (Å²) in [4.78, 5) is 24.2. The number of fused-ring (bicyclic) bond motifs is 1. The van der Waals surface area contributed by atoms with E-state index in [9.17, 15) is 23.1 Å². The minimum Gasteiger partial charge on any atom is -0.494 e. The summed E-state index contributed by atoms with van der Waals surface area (Å²) in [5.41, 5.74) is 5.12. The lowest BCUT2D eigenvalue weighted by Gasteiger charge is -2.21. The fourth-order valence-electron chi connectivity index (χ4n) is 3.69.